The van der Waals surface area contributed by atoms with Gasteiger partial charge in [-0.05, 0) is 12.0 Å². The van der Waals surface area contributed by atoms with Crippen molar-refractivity contribution in [2.75, 3.05) is 7.11 Å². The van der Waals surface area contributed by atoms with E-state index in [-0.39, 0.29) is 11.5 Å². The zero-order chi connectivity index (χ0) is 10.7. The van der Waals surface area contributed by atoms with Crippen LogP contribution in [0.1, 0.15) is 31.0 Å². The fourth-order valence-corrected chi connectivity index (χ4v) is 1.43. The van der Waals surface area contributed by atoms with Gasteiger partial charge in [0.2, 0.25) is 0 Å². The van der Waals surface area contributed by atoms with E-state index < -0.39 is 0 Å². The van der Waals surface area contributed by atoms with Crippen LogP contribution in [0, 0.1) is 0 Å². The molecule has 78 valence electrons. The van der Waals surface area contributed by atoms with Crippen molar-refractivity contribution in [1.29, 1.82) is 0 Å². The lowest BCUT2D eigenvalue weighted by Gasteiger charge is -2.11. The standard InChI is InChI=1S/C11H17NO2/c1-8(2)10-6-5-9(7-14-4)12(3)11(10)13/h5-6,8H,7H2,1-4H3. The second kappa shape index (κ2) is 4.42. The molecule has 0 aliphatic carbocycles. The first-order valence-electron chi connectivity index (χ1n) is 4.75. The minimum atomic E-state index is 0.0783. The maximum atomic E-state index is 11.8. The van der Waals surface area contributed by atoms with Crippen LogP contribution in [-0.4, -0.2) is 11.7 Å². The number of methoxy groups -OCH3 is 1. The third kappa shape index (κ3) is 2.04. The van der Waals surface area contributed by atoms with Crippen LogP contribution in [0.3, 0.4) is 0 Å². The van der Waals surface area contributed by atoms with E-state index in [1.807, 2.05) is 26.0 Å². The molecule has 1 aromatic rings. The second-order valence-corrected chi connectivity index (χ2v) is 3.73. The lowest BCUT2D eigenvalue weighted by Crippen LogP contribution is -2.24. The van der Waals surface area contributed by atoms with Gasteiger partial charge in [-0.2, -0.15) is 0 Å². The van der Waals surface area contributed by atoms with Crippen LogP contribution in [0.25, 0.3) is 0 Å². The summed E-state index contributed by atoms with van der Waals surface area (Å²) in [6.45, 7) is 4.52. The highest BCUT2D eigenvalue weighted by atomic mass is 16.5. The Hall–Kier alpha value is -1.09. The molecule has 0 aromatic carbocycles. The van der Waals surface area contributed by atoms with Gasteiger partial charge in [0.1, 0.15) is 0 Å². The zero-order valence-electron chi connectivity index (χ0n) is 9.20. The predicted octanol–water partition coefficient (Wildman–Crippen LogP) is 1.66. The smallest absolute Gasteiger partial charge is 0.254 e. The summed E-state index contributed by atoms with van der Waals surface area (Å²) < 4.78 is 6.66. The first kappa shape index (κ1) is 11.0. The fraction of sp³-hybridized carbons (Fsp3) is 0.545. The monoisotopic (exact) mass is 195 g/mol. The molecule has 0 fully saturated rings. The topological polar surface area (TPSA) is 31.2 Å². The van der Waals surface area contributed by atoms with Crippen LogP contribution in [0.2, 0.25) is 0 Å². The van der Waals surface area contributed by atoms with Crippen molar-refractivity contribution >= 4 is 0 Å². The number of pyridine rings is 1. The fourth-order valence-electron chi connectivity index (χ4n) is 1.43. The molecule has 0 spiro atoms. The van der Waals surface area contributed by atoms with E-state index in [1.54, 1.807) is 18.7 Å². The van der Waals surface area contributed by atoms with E-state index >= 15 is 0 Å². The van der Waals surface area contributed by atoms with E-state index in [9.17, 15) is 4.79 Å². The lowest BCUT2D eigenvalue weighted by molar-refractivity contribution is 0.178. The van der Waals surface area contributed by atoms with Crippen LogP contribution >= 0.6 is 0 Å². The minimum absolute atomic E-state index is 0.0783. The molecule has 14 heavy (non-hydrogen) atoms. The minimum Gasteiger partial charge on any atom is -0.378 e. The summed E-state index contributed by atoms with van der Waals surface area (Å²) >= 11 is 0. The summed E-state index contributed by atoms with van der Waals surface area (Å²) in [5.74, 6) is 0.269. The molecular formula is C11H17NO2. The number of hydrogen-bond acceptors (Lipinski definition) is 2. The quantitative estimate of drug-likeness (QED) is 0.734. The Kier molecular flexibility index (Phi) is 3.47. The third-order valence-corrected chi connectivity index (χ3v) is 2.35. The molecule has 0 radical (unpaired) electrons. The summed E-state index contributed by atoms with van der Waals surface area (Å²) in [5, 5.41) is 0. The number of nitrogens with zero attached hydrogens (tertiary/aromatic N) is 1. The summed E-state index contributed by atoms with van der Waals surface area (Å²) in [4.78, 5) is 11.8. The molecule has 1 aromatic heterocycles. The Bertz CT molecular complexity index is 366. The molecule has 0 atom stereocenters. The summed E-state index contributed by atoms with van der Waals surface area (Å²) in [6.07, 6.45) is 0. The van der Waals surface area contributed by atoms with Crippen LogP contribution < -0.4 is 5.56 Å². The molecule has 0 N–H and O–H groups in total. The van der Waals surface area contributed by atoms with Gasteiger partial charge in [0.05, 0.1) is 6.61 Å². The maximum absolute atomic E-state index is 11.8. The van der Waals surface area contributed by atoms with E-state index in [2.05, 4.69) is 0 Å². The molecule has 1 rings (SSSR count). The van der Waals surface area contributed by atoms with Gasteiger partial charge in [-0.1, -0.05) is 19.9 Å². The number of aromatic nitrogens is 1. The van der Waals surface area contributed by atoms with E-state index in [4.69, 9.17) is 4.74 Å². The Balaban J connectivity index is 3.20. The highest BCUT2D eigenvalue weighted by molar-refractivity contribution is 5.18. The largest absolute Gasteiger partial charge is 0.378 e. The van der Waals surface area contributed by atoms with Gasteiger partial charge in [-0.25, -0.2) is 0 Å². The first-order valence-corrected chi connectivity index (χ1v) is 4.75. The molecular weight excluding hydrogens is 178 g/mol. The van der Waals surface area contributed by atoms with Crippen molar-refractivity contribution in [3.05, 3.63) is 33.7 Å². The van der Waals surface area contributed by atoms with Gasteiger partial charge in [0.25, 0.3) is 5.56 Å². The molecule has 0 saturated carbocycles. The van der Waals surface area contributed by atoms with Crippen molar-refractivity contribution in [2.45, 2.75) is 26.4 Å². The van der Waals surface area contributed by atoms with Crippen molar-refractivity contribution < 1.29 is 4.74 Å². The highest BCUT2D eigenvalue weighted by Gasteiger charge is 2.08. The SMILES string of the molecule is COCc1ccc(C(C)C)c(=O)n1C. The van der Waals surface area contributed by atoms with Crippen molar-refractivity contribution in [3.8, 4) is 0 Å². The van der Waals surface area contributed by atoms with Gasteiger partial charge in [-0.15, -0.1) is 0 Å². The average molecular weight is 195 g/mol. The van der Waals surface area contributed by atoms with E-state index in [1.165, 1.54) is 0 Å². The Labute approximate surface area is 84.3 Å². The van der Waals surface area contributed by atoms with Crippen molar-refractivity contribution in [2.24, 2.45) is 7.05 Å². The van der Waals surface area contributed by atoms with Crippen LogP contribution in [0.4, 0.5) is 0 Å². The number of ether oxygens (including phenoxy) is 1. The van der Waals surface area contributed by atoms with E-state index in [0.717, 1.165) is 11.3 Å². The van der Waals surface area contributed by atoms with Gasteiger partial charge >= 0.3 is 0 Å². The molecule has 3 nitrogen and oxygen atoms in total. The molecule has 0 amide bonds. The number of hydrogen-bond donors (Lipinski definition) is 0. The molecule has 0 saturated heterocycles. The van der Waals surface area contributed by atoms with Gasteiger partial charge in [0, 0.05) is 25.4 Å². The first-order chi connectivity index (χ1) is 6.57. The second-order valence-electron chi connectivity index (χ2n) is 3.73. The lowest BCUT2D eigenvalue weighted by atomic mass is 10.1. The molecule has 0 aliphatic rings. The predicted molar refractivity (Wildman–Crippen MR) is 56.5 cm³/mol. The molecule has 0 aliphatic heterocycles. The molecule has 0 bridgehead atoms. The Morgan fingerprint density at radius 2 is 2.07 bits per heavy atom. The zero-order valence-corrected chi connectivity index (χ0v) is 9.20. The molecule has 1 heterocycles. The average Bonchev–Trinajstić information content (AvgIpc) is 2.13. The van der Waals surface area contributed by atoms with Crippen LogP contribution in [-0.2, 0) is 18.4 Å². The maximum Gasteiger partial charge on any atom is 0.254 e. The summed E-state index contributed by atoms with van der Waals surface area (Å²) in [5.41, 5.74) is 1.84. The normalized spacial score (nSPS) is 10.9. The third-order valence-electron chi connectivity index (χ3n) is 2.35. The van der Waals surface area contributed by atoms with Crippen LogP contribution in [0.15, 0.2) is 16.9 Å². The summed E-state index contributed by atoms with van der Waals surface area (Å²) in [6, 6.07) is 3.83. The van der Waals surface area contributed by atoms with Crippen molar-refractivity contribution in [1.82, 2.24) is 4.57 Å². The van der Waals surface area contributed by atoms with Gasteiger partial charge < -0.3 is 9.30 Å². The molecule has 0 unspecified atom stereocenters. The number of rotatable bonds is 3. The van der Waals surface area contributed by atoms with Gasteiger partial charge in [-0.3, -0.25) is 4.79 Å². The Morgan fingerprint density at radius 1 is 1.43 bits per heavy atom. The van der Waals surface area contributed by atoms with E-state index in [0.29, 0.717) is 6.61 Å². The summed E-state index contributed by atoms with van der Waals surface area (Å²) in [7, 11) is 3.41. The highest BCUT2D eigenvalue weighted by Crippen LogP contribution is 2.10. The van der Waals surface area contributed by atoms with Crippen LogP contribution in [0.5, 0.6) is 0 Å². The van der Waals surface area contributed by atoms with Gasteiger partial charge in [0.15, 0.2) is 0 Å². The van der Waals surface area contributed by atoms with Crippen molar-refractivity contribution in [3.63, 3.8) is 0 Å². The molecule has 3 heteroatoms. The Morgan fingerprint density at radius 3 is 2.57 bits per heavy atom.